The number of hydrogen-bond acceptors (Lipinski definition) is 2. The average molecular weight is 247 g/mol. The van der Waals surface area contributed by atoms with Gasteiger partial charge in [0.1, 0.15) is 0 Å². The molecule has 0 atom stereocenters. The summed E-state index contributed by atoms with van der Waals surface area (Å²) in [7, 11) is 0. The first-order valence-electron chi connectivity index (χ1n) is 6.38. The van der Waals surface area contributed by atoms with Crippen molar-refractivity contribution in [3.8, 4) is 0 Å². The van der Waals surface area contributed by atoms with Crippen LogP contribution in [-0.2, 0) is 0 Å². The molecule has 3 nitrogen and oxygen atoms in total. The number of rotatable bonds is 0. The molecule has 0 radical (unpaired) electrons. The van der Waals surface area contributed by atoms with E-state index in [2.05, 4.69) is 47.3 Å². The molecule has 0 spiro atoms. The first-order valence-corrected chi connectivity index (χ1v) is 6.38. The molecule has 92 valence electrons. The molecule has 1 aromatic carbocycles. The molecule has 0 fully saturated rings. The van der Waals surface area contributed by atoms with Crippen LogP contribution in [0.1, 0.15) is 11.3 Å². The van der Waals surface area contributed by atoms with E-state index in [1.165, 1.54) is 16.3 Å². The Labute approximate surface area is 110 Å². The molecule has 19 heavy (non-hydrogen) atoms. The van der Waals surface area contributed by atoms with E-state index in [1.807, 2.05) is 23.7 Å². The van der Waals surface area contributed by atoms with Crippen molar-refractivity contribution in [2.45, 2.75) is 13.8 Å². The number of fused-ring (bicyclic) bond motifs is 6. The van der Waals surface area contributed by atoms with E-state index in [4.69, 9.17) is 0 Å². The first-order chi connectivity index (χ1) is 9.25. The molecule has 3 heterocycles. The molecule has 0 N–H and O–H groups in total. The van der Waals surface area contributed by atoms with Gasteiger partial charge < -0.3 is 0 Å². The minimum Gasteiger partial charge on any atom is -0.254 e. The summed E-state index contributed by atoms with van der Waals surface area (Å²) in [4.78, 5) is 4.57. The van der Waals surface area contributed by atoms with E-state index in [1.54, 1.807) is 0 Å². The lowest BCUT2D eigenvalue weighted by molar-refractivity contribution is 0.968. The summed E-state index contributed by atoms with van der Waals surface area (Å²) in [5.41, 5.74) is 5.50. The third-order valence-electron chi connectivity index (χ3n) is 3.63. The van der Waals surface area contributed by atoms with Gasteiger partial charge in [-0.3, -0.25) is 4.98 Å². The standard InChI is InChI=1S/C16H13N3/c1-10-7-8-17-15-13-6-4-3-5-12(13)14-9-11(2)18-19(14)16(10)15/h3-9H,1-2H3. The van der Waals surface area contributed by atoms with Crippen LogP contribution in [0, 0.1) is 13.8 Å². The third kappa shape index (κ3) is 1.32. The Morgan fingerprint density at radius 3 is 2.63 bits per heavy atom. The number of aryl methyl sites for hydroxylation is 2. The molecule has 0 aliphatic heterocycles. The van der Waals surface area contributed by atoms with Crippen LogP contribution in [0.3, 0.4) is 0 Å². The molecule has 3 aromatic heterocycles. The van der Waals surface area contributed by atoms with Gasteiger partial charge in [-0.2, -0.15) is 5.10 Å². The molecule has 0 unspecified atom stereocenters. The van der Waals surface area contributed by atoms with Crippen LogP contribution >= 0.6 is 0 Å². The van der Waals surface area contributed by atoms with Crippen molar-refractivity contribution >= 4 is 27.3 Å². The van der Waals surface area contributed by atoms with E-state index in [0.29, 0.717) is 0 Å². The van der Waals surface area contributed by atoms with Gasteiger partial charge in [-0.1, -0.05) is 24.3 Å². The van der Waals surface area contributed by atoms with Gasteiger partial charge in [0, 0.05) is 17.0 Å². The van der Waals surface area contributed by atoms with E-state index >= 15 is 0 Å². The molecule has 0 saturated carbocycles. The van der Waals surface area contributed by atoms with E-state index in [-0.39, 0.29) is 0 Å². The molecule has 0 saturated heterocycles. The molecule has 0 bridgehead atoms. The average Bonchev–Trinajstić information content (AvgIpc) is 2.81. The molecule has 4 rings (SSSR count). The van der Waals surface area contributed by atoms with Crippen molar-refractivity contribution in [2.75, 3.05) is 0 Å². The second-order valence-electron chi connectivity index (χ2n) is 4.95. The van der Waals surface area contributed by atoms with Gasteiger partial charge in [0.25, 0.3) is 0 Å². The molecular formula is C16H13N3. The summed E-state index contributed by atoms with van der Waals surface area (Å²) in [6.07, 6.45) is 1.87. The highest BCUT2D eigenvalue weighted by Crippen LogP contribution is 2.29. The molecule has 0 amide bonds. The normalized spacial score (nSPS) is 11.7. The van der Waals surface area contributed by atoms with Gasteiger partial charge >= 0.3 is 0 Å². The number of nitrogens with zero attached hydrogens (tertiary/aromatic N) is 3. The minimum atomic E-state index is 1.02. The van der Waals surface area contributed by atoms with Gasteiger partial charge in [-0.15, -0.1) is 0 Å². The molecular weight excluding hydrogens is 234 g/mol. The van der Waals surface area contributed by atoms with Crippen LogP contribution in [0.25, 0.3) is 27.3 Å². The zero-order valence-corrected chi connectivity index (χ0v) is 10.9. The Hall–Kier alpha value is -2.42. The van der Waals surface area contributed by atoms with Gasteiger partial charge in [0.05, 0.1) is 22.2 Å². The van der Waals surface area contributed by atoms with E-state index < -0.39 is 0 Å². The lowest BCUT2D eigenvalue weighted by Gasteiger charge is -2.08. The minimum absolute atomic E-state index is 1.02. The third-order valence-corrected chi connectivity index (χ3v) is 3.63. The Bertz CT molecular complexity index is 935. The predicted octanol–water partition coefficient (Wildman–Crippen LogP) is 3.65. The monoisotopic (exact) mass is 247 g/mol. The fourth-order valence-corrected chi connectivity index (χ4v) is 2.79. The lowest BCUT2D eigenvalue weighted by atomic mass is 10.1. The molecule has 3 heteroatoms. The lowest BCUT2D eigenvalue weighted by Crippen LogP contribution is -1.96. The van der Waals surface area contributed by atoms with Crippen LogP contribution < -0.4 is 0 Å². The van der Waals surface area contributed by atoms with Crippen LogP contribution in [-0.4, -0.2) is 14.6 Å². The molecule has 4 aromatic rings. The smallest absolute Gasteiger partial charge is 0.0968 e. The summed E-state index contributed by atoms with van der Waals surface area (Å²) in [6, 6.07) is 12.6. The summed E-state index contributed by atoms with van der Waals surface area (Å²) >= 11 is 0. The number of aromatic nitrogens is 3. The first kappa shape index (κ1) is 10.5. The molecule has 0 aliphatic carbocycles. The van der Waals surface area contributed by atoms with Gasteiger partial charge in [-0.25, -0.2) is 4.52 Å². The Morgan fingerprint density at radius 2 is 1.79 bits per heavy atom. The topological polar surface area (TPSA) is 30.2 Å². The second kappa shape index (κ2) is 3.54. The second-order valence-corrected chi connectivity index (χ2v) is 4.95. The predicted molar refractivity (Wildman–Crippen MR) is 77.5 cm³/mol. The summed E-state index contributed by atoms with van der Waals surface area (Å²) < 4.78 is 2.02. The Kier molecular flexibility index (Phi) is 1.96. The maximum absolute atomic E-state index is 4.63. The van der Waals surface area contributed by atoms with Crippen molar-refractivity contribution in [1.82, 2.24) is 14.6 Å². The van der Waals surface area contributed by atoms with Crippen molar-refractivity contribution in [1.29, 1.82) is 0 Å². The van der Waals surface area contributed by atoms with Gasteiger partial charge in [-0.05, 0) is 31.5 Å². The van der Waals surface area contributed by atoms with E-state index in [9.17, 15) is 0 Å². The highest BCUT2D eigenvalue weighted by atomic mass is 15.2. The maximum atomic E-state index is 4.63. The summed E-state index contributed by atoms with van der Waals surface area (Å²) in [5.74, 6) is 0. The van der Waals surface area contributed by atoms with Gasteiger partial charge in [0.2, 0.25) is 0 Å². The quantitative estimate of drug-likeness (QED) is 0.444. The van der Waals surface area contributed by atoms with E-state index in [0.717, 1.165) is 22.2 Å². The fraction of sp³-hybridized carbons (Fsp3) is 0.125. The van der Waals surface area contributed by atoms with Crippen molar-refractivity contribution < 1.29 is 0 Å². The van der Waals surface area contributed by atoms with Crippen LogP contribution in [0.5, 0.6) is 0 Å². The zero-order valence-electron chi connectivity index (χ0n) is 10.9. The van der Waals surface area contributed by atoms with Crippen LogP contribution in [0.4, 0.5) is 0 Å². The highest BCUT2D eigenvalue weighted by Gasteiger charge is 2.12. The Morgan fingerprint density at radius 1 is 1.00 bits per heavy atom. The van der Waals surface area contributed by atoms with Crippen molar-refractivity contribution in [3.63, 3.8) is 0 Å². The van der Waals surface area contributed by atoms with Crippen molar-refractivity contribution in [3.05, 3.63) is 53.9 Å². The van der Waals surface area contributed by atoms with Crippen LogP contribution in [0.15, 0.2) is 42.6 Å². The highest BCUT2D eigenvalue weighted by molar-refractivity contribution is 6.11. The van der Waals surface area contributed by atoms with Crippen molar-refractivity contribution in [2.24, 2.45) is 0 Å². The van der Waals surface area contributed by atoms with Gasteiger partial charge in [0.15, 0.2) is 0 Å². The molecule has 0 aliphatic rings. The zero-order chi connectivity index (χ0) is 13.0. The fourth-order valence-electron chi connectivity index (χ4n) is 2.79. The largest absolute Gasteiger partial charge is 0.254 e. The number of benzene rings is 1. The Balaban J connectivity index is 2.47. The van der Waals surface area contributed by atoms with Crippen LogP contribution in [0.2, 0.25) is 0 Å². The summed E-state index contributed by atoms with van der Waals surface area (Å²) in [6.45, 7) is 4.13. The summed E-state index contributed by atoms with van der Waals surface area (Å²) in [5, 5.41) is 7.02. The number of hydrogen-bond donors (Lipinski definition) is 0. The number of pyridine rings is 2. The maximum Gasteiger partial charge on any atom is 0.0968 e. The SMILES string of the molecule is Cc1cc2c3ccccc3c3nccc(C)c3n2n1.